The Balaban J connectivity index is 1.08. The predicted molar refractivity (Wildman–Crippen MR) is 133 cm³/mol. The summed E-state index contributed by atoms with van der Waals surface area (Å²) < 4.78 is 6.16. The quantitative estimate of drug-likeness (QED) is 0.473. The Morgan fingerprint density at radius 3 is 2.91 bits per heavy atom. The molecular formula is C28H37N3O3. The first-order chi connectivity index (χ1) is 16.7. The van der Waals surface area contributed by atoms with Gasteiger partial charge in [-0.2, -0.15) is 0 Å². The number of unbranched alkanes of at least 4 members (excludes halogenated alkanes) is 1. The third kappa shape index (κ3) is 5.78. The fourth-order valence-electron chi connectivity index (χ4n) is 5.40. The van der Waals surface area contributed by atoms with Gasteiger partial charge in [0.25, 0.3) is 0 Å². The van der Waals surface area contributed by atoms with Crippen molar-refractivity contribution in [2.24, 2.45) is 5.92 Å². The van der Waals surface area contributed by atoms with Crippen molar-refractivity contribution in [3.05, 3.63) is 58.8 Å². The van der Waals surface area contributed by atoms with Gasteiger partial charge in [-0.25, -0.2) is 4.98 Å². The number of nitrogens with zero attached hydrogens (tertiary/aromatic N) is 2. The Morgan fingerprint density at radius 1 is 1.18 bits per heavy atom. The molecule has 34 heavy (non-hydrogen) atoms. The molecular weight excluding hydrogens is 426 g/mol. The van der Waals surface area contributed by atoms with E-state index in [1.807, 2.05) is 18.2 Å². The Morgan fingerprint density at radius 2 is 2.06 bits per heavy atom. The van der Waals surface area contributed by atoms with E-state index in [4.69, 9.17) is 9.72 Å². The van der Waals surface area contributed by atoms with Crippen LogP contribution in [-0.2, 0) is 28.8 Å². The summed E-state index contributed by atoms with van der Waals surface area (Å²) in [7, 11) is 0. The number of fused-ring (bicyclic) bond motifs is 1. The van der Waals surface area contributed by atoms with E-state index in [2.05, 4.69) is 28.4 Å². The highest BCUT2D eigenvalue weighted by Gasteiger charge is 2.35. The number of carboxylic acids is 1. The molecule has 0 amide bonds. The van der Waals surface area contributed by atoms with Gasteiger partial charge in [0.2, 0.25) is 0 Å². The standard InChI is InChI=1S/C28H37N3O3/c32-28(33)26(25-9-2-1-6-22(25)18-20-10-11-20)31-16-14-24(19-31)34-17-4-3-8-23-13-12-21-7-5-15-29-27(21)30-23/h1-2,6,9,12-13,20,24,26H,3-5,7-8,10-11,14-19H2,(H,29,30)(H,32,33)/t24-,26+/m1/s1. The zero-order valence-electron chi connectivity index (χ0n) is 20.0. The average molecular weight is 464 g/mol. The lowest BCUT2D eigenvalue weighted by molar-refractivity contribution is -0.143. The van der Waals surface area contributed by atoms with Crippen molar-refractivity contribution in [2.45, 2.75) is 69.9 Å². The van der Waals surface area contributed by atoms with E-state index in [1.165, 1.54) is 30.4 Å². The Bertz CT molecular complexity index is 991. The number of rotatable bonds is 11. The van der Waals surface area contributed by atoms with Gasteiger partial charge in [-0.05, 0) is 86.5 Å². The number of pyridine rings is 1. The number of nitrogens with one attached hydrogen (secondary N) is 1. The maximum absolute atomic E-state index is 12.3. The topological polar surface area (TPSA) is 74.7 Å². The number of carbonyl (C=O) groups is 1. The van der Waals surface area contributed by atoms with Gasteiger partial charge in [-0.15, -0.1) is 0 Å². The van der Waals surface area contributed by atoms with E-state index >= 15 is 0 Å². The van der Waals surface area contributed by atoms with Crippen molar-refractivity contribution in [3.8, 4) is 0 Å². The summed E-state index contributed by atoms with van der Waals surface area (Å²) in [5.41, 5.74) is 4.65. The molecule has 1 aromatic heterocycles. The van der Waals surface area contributed by atoms with Gasteiger partial charge in [0.1, 0.15) is 11.9 Å². The van der Waals surface area contributed by atoms with Gasteiger partial charge in [0.15, 0.2) is 0 Å². The maximum atomic E-state index is 12.3. The van der Waals surface area contributed by atoms with Crippen LogP contribution < -0.4 is 5.32 Å². The van der Waals surface area contributed by atoms with E-state index in [-0.39, 0.29) is 6.10 Å². The van der Waals surface area contributed by atoms with E-state index in [0.717, 1.165) is 81.2 Å². The lowest BCUT2D eigenvalue weighted by atomic mass is 9.95. The molecule has 2 aliphatic heterocycles. The number of aromatic nitrogens is 1. The van der Waals surface area contributed by atoms with E-state index in [0.29, 0.717) is 6.54 Å². The SMILES string of the molecule is O=C(O)[C@H](c1ccccc1CC1CC1)N1CC[C@@H](OCCCCc2ccc3c(n2)NCCC3)C1. The van der Waals surface area contributed by atoms with Crippen LogP contribution in [0.3, 0.4) is 0 Å². The van der Waals surface area contributed by atoms with Crippen molar-refractivity contribution in [1.82, 2.24) is 9.88 Å². The summed E-state index contributed by atoms with van der Waals surface area (Å²) in [5, 5.41) is 13.5. The first-order valence-corrected chi connectivity index (χ1v) is 13.1. The maximum Gasteiger partial charge on any atom is 0.325 e. The van der Waals surface area contributed by atoms with Gasteiger partial charge < -0.3 is 15.2 Å². The summed E-state index contributed by atoms with van der Waals surface area (Å²) in [4.78, 5) is 19.2. The number of aryl methyl sites for hydroxylation is 2. The van der Waals surface area contributed by atoms with Gasteiger partial charge in [-0.1, -0.05) is 30.3 Å². The van der Waals surface area contributed by atoms with E-state index in [1.54, 1.807) is 0 Å². The molecule has 2 N–H and O–H groups in total. The van der Waals surface area contributed by atoms with Gasteiger partial charge in [0, 0.05) is 31.9 Å². The zero-order valence-corrected chi connectivity index (χ0v) is 20.0. The molecule has 2 aromatic rings. The van der Waals surface area contributed by atoms with Gasteiger partial charge in [0.05, 0.1) is 6.10 Å². The minimum absolute atomic E-state index is 0.114. The normalized spacial score (nSPS) is 21.1. The first kappa shape index (κ1) is 23.3. The fourth-order valence-corrected chi connectivity index (χ4v) is 5.40. The van der Waals surface area contributed by atoms with Crippen LogP contribution in [0.2, 0.25) is 0 Å². The number of carboxylic acid groups (broad SMARTS) is 1. The molecule has 1 aromatic carbocycles. The van der Waals surface area contributed by atoms with Crippen LogP contribution in [0.5, 0.6) is 0 Å². The molecule has 6 nitrogen and oxygen atoms in total. The summed E-state index contributed by atoms with van der Waals surface area (Å²) in [6.07, 6.45) is 9.87. The van der Waals surface area contributed by atoms with E-state index < -0.39 is 12.0 Å². The molecule has 1 saturated carbocycles. The Hall–Kier alpha value is -2.44. The van der Waals surface area contributed by atoms with Crippen molar-refractivity contribution >= 4 is 11.8 Å². The molecule has 182 valence electrons. The molecule has 2 atom stereocenters. The molecule has 3 aliphatic rings. The van der Waals surface area contributed by atoms with Crippen LogP contribution in [-0.4, -0.2) is 53.3 Å². The summed E-state index contributed by atoms with van der Waals surface area (Å²) in [6, 6.07) is 11.9. The number of likely N-dealkylation sites (tertiary alicyclic amines) is 1. The highest BCUT2D eigenvalue weighted by atomic mass is 16.5. The number of anilines is 1. The number of hydrogen-bond donors (Lipinski definition) is 2. The highest BCUT2D eigenvalue weighted by Crippen LogP contribution is 2.36. The largest absolute Gasteiger partial charge is 0.480 e. The predicted octanol–water partition coefficient (Wildman–Crippen LogP) is 4.63. The second-order valence-electron chi connectivity index (χ2n) is 10.2. The summed E-state index contributed by atoms with van der Waals surface area (Å²) in [6.45, 7) is 3.19. The Labute approximate surface area is 202 Å². The van der Waals surface area contributed by atoms with Crippen molar-refractivity contribution in [2.75, 3.05) is 31.6 Å². The van der Waals surface area contributed by atoms with Crippen LogP contribution in [0.1, 0.15) is 67.0 Å². The van der Waals surface area contributed by atoms with Crippen molar-refractivity contribution < 1.29 is 14.6 Å². The summed E-state index contributed by atoms with van der Waals surface area (Å²) >= 11 is 0. The average Bonchev–Trinajstić information content (AvgIpc) is 3.55. The number of aliphatic carboxylic acids is 1. The van der Waals surface area contributed by atoms with Crippen molar-refractivity contribution in [1.29, 1.82) is 0 Å². The number of hydrogen-bond acceptors (Lipinski definition) is 5. The van der Waals surface area contributed by atoms with Crippen LogP contribution in [0.15, 0.2) is 36.4 Å². The molecule has 0 spiro atoms. The minimum atomic E-state index is -0.754. The number of benzene rings is 1. The third-order valence-corrected chi connectivity index (χ3v) is 7.46. The van der Waals surface area contributed by atoms with Gasteiger partial charge >= 0.3 is 5.97 Å². The third-order valence-electron chi connectivity index (χ3n) is 7.46. The van der Waals surface area contributed by atoms with E-state index in [9.17, 15) is 9.90 Å². The smallest absolute Gasteiger partial charge is 0.325 e. The fraction of sp³-hybridized carbons (Fsp3) is 0.571. The van der Waals surface area contributed by atoms with Crippen LogP contribution in [0.25, 0.3) is 0 Å². The summed E-state index contributed by atoms with van der Waals surface area (Å²) in [5.74, 6) is 1.05. The zero-order chi connectivity index (χ0) is 23.3. The van der Waals surface area contributed by atoms with Crippen LogP contribution in [0, 0.1) is 5.92 Å². The molecule has 2 fully saturated rings. The highest BCUT2D eigenvalue weighted by molar-refractivity contribution is 5.76. The molecule has 3 heterocycles. The molecule has 5 rings (SSSR count). The van der Waals surface area contributed by atoms with Crippen LogP contribution >= 0.6 is 0 Å². The Kier molecular flexibility index (Phi) is 7.45. The molecule has 0 radical (unpaired) electrons. The van der Waals surface area contributed by atoms with Crippen LogP contribution in [0.4, 0.5) is 5.82 Å². The first-order valence-electron chi connectivity index (χ1n) is 13.1. The molecule has 6 heteroatoms. The second kappa shape index (κ2) is 10.9. The van der Waals surface area contributed by atoms with Gasteiger partial charge in [-0.3, -0.25) is 9.69 Å². The number of ether oxygens (including phenoxy) is 1. The lowest BCUT2D eigenvalue weighted by Crippen LogP contribution is -2.34. The lowest BCUT2D eigenvalue weighted by Gasteiger charge is -2.26. The molecule has 0 bridgehead atoms. The monoisotopic (exact) mass is 463 g/mol. The second-order valence-corrected chi connectivity index (χ2v) is 10.2. The molecule has 0 unspecified atom stereocenters. The molecule has 1 saturated heterocycles. The van der Waals surface area contributed by atoms with Crippen molar-refractivity contribution in [3.63, 3.8) is 0 Å². The molecule has 1 aliphatic carbocycles. The minimum Gasteiger partial charge on any atom is -0.480 e.